The summed E-state index contributed by atoms with van der Waals surface area (Å²) in [4.78, 5) is 12.5. The fourth-order valence-corrected chi connectivity index (χ4v) is 5.52. The number of nitrogen functional groups attached to an aromatic ring is 1. The number of likely N-dealkylation sites (tertiary alicyclic amines) is 1. The van der Waals surface area contributed by atoms with Crippen LogP contribution in [0.3, 0.4) is 0 Å². The molecular formula is C22H23N5OS2. The van der Waals surface area contributed by atoms with Gasteiger partial charge in [-0.2, -0.15) is 0 Å². The molecule has 0 atom stereocenters. The number of anilines is 3. The van der Waals surface area contributed by atoms with Crippen molar-refractivity contribution in [3.05, 3.63) is 48.5 Å². The molecule has 1 aliphatic rings. The highest BCUT2D eigenvalue weighted by molar-refractivity contribution is 7.27. The van der Waals surface area contributed by atoms with Gasteiger partial charge in [0.25, 0.3) is 0 Å². The number of nitrogens with one attached hydrogen (secondary N) is 1. The number of nitrogens with zero attached hydrogens (tertiary/aromatic N) is 3. The first kappa shape index (κ1) is 19.3. The maximum Gasteiger partial charge on any atom is 0.189 e. The van der Waals surface area contributed by atoms with Crippen molar-refractivity contribution in [3.63, 3.8) is 0 Å². The number of benzene rings is 2. The quantitative estimate of drug-likeness (QED) is 0.413. The Morgan fingerprint density at radius 3 is 2.60 bits per heavy atom. The normalized spacial score (nSPS) is 14.4. The third-order valence-corrected chi connectivity index (χ3v) is 7.30. The standard InChI is InChI=1S/C22H23N5OS2/c23-20-19(21-25-17-5-1-2-6-18(17)29-21)30-22(26-20)24-15-7-9-16(10-8-15)28-14-13-27-11-3-4-12-27/h1-2,5-10H,3-4,11-14,23H2,(H,24,26). The van der Waals surface area contributed by atoms with Gasteiger partial charge in [0.2, 0.25) is 0 Å². The zero-order chi connectivity index (χ0) is 20.3. The van der Waals surface area contributed by atoms with E-state index in [9.17, 15) is 0 Å². The second kappa shape index (κ2) is 8.59. The lowest BCUT2D eigenvalue weighted by atomic mass is 10.3. The van der Waals surface area contributed by atoms with Crippen LogP contribution in [0.25, 0.3) is 20.1 Å². The summed E-state index contributed by atoms with van der Waals surface area (Å²) >= 11 is 3.15. The van der Waals surface area contributed by atoms with Crippen molar-refractivity contribution in [2.24, 2.45) is 0 Å². The first-order valence-corrected chi connectivity index (χ1v) is 11.7. The third kappa shape index (κ3) is 4.26. The molecule has 0 saturated carbocycles. The topological polar surface area (TPSA) is 76.3 Å². The number of ether oxygens (including phenoxy) is 1. The lowest BCUT2D eigenvalue weighted by molar-refractivity contribution is 0.238. The summed E-state index contributed by atoms with van der Waals surface area (Å²) in [6.07, 6.45) is 2.62. The summed E-state index contributed by atoms with van der Waals surface area (Å²) in [6, 6.07) is 16.1. The second-order valence-electron chi connectivity index (χ2n) is 7.27. The van der Waals surface area contributed by atoms with Gasteiger partial charge in [-0.05, 0) is 62.3 Å². The molecule has 1 aliphatic heterocycles. The molecule has 0 amide bonds. The molecule has 30 heavy (non-hydrogen) atoms. The minimum Gasteiger partial charge on any atom is -0.492 e. The van der Waals surface area contributed by atoms with Gasteiger partial charge in [-0.25, -0.2) is 9.97 Å². The van der Waals surface area contributed by atoms with Gasteiger partial charge < -0.3 is 15.8 Å². The average Bonchev–Trinajstić information content (AvgIpc) is 3.49. The summed E-state index contributed by atoms with van der Waals surface area (Å²) in [7, 11) is 0. The van der Waals surface area contributed by atoms with Crippen LogP contribution in [0.15, 0.2) is 48.5 Å². The number of rotatable bonds is 7. The van der Waals surface area contributed by atoms with Gasteiger partial charge in [0.15, 0.2) is 5.13 Å². The highest BCUT2D eigenvalue weighted by Gasteiger charge is 2.15. The van der Waals surface area contributed by atoms with E-state index in [0.717, 1.165) is 49.8 Å². The number of fused-ring (bicyclic) bond motifs is 1. The Morgan fingerprint density at radius 1 is 1.00 bits per heavy atom. The Hall–Kier alpha value is -2.68. The predicted molar refractivity (Wildman–Crippen MR) is 126 cm³/mol. The highest BCUT2D eigenvalue weighted by Crippen LogP contribution is 2.39. The Bertz CT molecular complexity index is 1100. The van der Waals surface area contributed by atoms with E-state index in [4.69, 9.17) is 15.5 Å². The molecule has 0 spiro atoms. The molecule has 3 heterocycles. The van der Waals surface area contributed by atoms with Crippen molar-refractivity contribution >= 4 is 49.5 Å². The molecule has 3 N–H and O–H groups in total. The van der Waals surface area contributed by atoms with Crippen LogP contribution in [0.2, 0.25) is 0 Å². The molecule has 0 unspecified atom stereocenters. The number of aromatic nitrogens is 2. The van der Waals surface area contributed by atoms with E-state index in [-0.39, 0.29) is 0 Å². The van der Waals surface area contributed by atoms with E-state index in [0.29, 0.717) is 5.82 Å². The molecular weight excluding hydrogens is 414 g/mol. The Morgan fingerprint density at radius 2 is 1.80 bits per heavy atom. The summed E-state index contributed by atoms with van der Waals surface area (Å²) in [5.74, 6) is 1.39. The van der Waals surface area contributed by atoms with Gasteiger partial charge in [0.1, 0.15) is 28.1 Å². The van der Waals surface area contributed by atoms with Crippen LogP contribution in [0.1, 0.15) is 12.8 Å². The van der Waals surface area contributed by atoms with Gasteiger partial charge >= 0.3 is 0 Å². The van der Waals surface area contributed by atoms with Gasteiger partial charge in [0.05, 0.1) is 10.2 Å². The lowest BCUT2D eigenvalue weighted by Gasteiger charge is -2.15. The van der Waals surface area contributed by atoms with Gasteiger partial charge in [-0.3, -0.25) is 4.90 Å². The maximum atomic E-state index is 6.18. The molecule has 154 valence electrons. The molecule has 4 aromatic rings. The van der Waals surface area contributed by atoms with Crippen LogP contribution in [-0.4, -0.2) is 41.1 Å². The van der Waals surface area contributed by atoms with Crippen molar-refractivity contribution in [2.75, 3.05) is 37.3 Å². The minimum absolute atomic E-state index is 0.503. The molecule has 0 bridgehead atoms. The molecule has 2 aromatic heterocycles. The number of nitrogens with two attached hydrogens (primary N) is 1. The number of thiazole rings is 2. The number of hydrogen-bond acceptors (Lipinski definition) is 8. The number of hydrogen-bond donors (Lipinski definition) is 2. The Balaban J connectivity index is 1.23. The van der Waals surface area contributed by atoms with E-state index in [1.165, 1.54) is 37.3 Å². The van der Waals surface area contributed by atoms with E-state index < -0.39 is 0 Å². The lowest BCUT2D eigenvalue weighted by Crippen LogP contribution is -2.25. The molecule has 1 fully saturated rings. The van der Waals surface area contributed by atoms with Crippen LogP contribution in [0, 0.1) is 0 Å². The summed E-state index contributed by atoms with van der Waals surface area (Å²) in [6.45, 7) is 4.11. The Kier molecular flexibility index (Phi) is 5.52. The first-order chi connectivity index (χ1) is 14.7. The SMILES string of the molecule is Nc1nc(Nc2ccc(OCCN3CCCC3)cc2)sc1-c1nc2ccccc2s1. The molecule has 2 aromatic carbocycles. The van der Waals surface area contributed by atoms with Crippen LogP contribution in [-0.2, 0) is 0 Å². The van der Waals surface area contributed by atoms with Crippen molar-refractivity contribution in [1.29, 1.82) is 0 Å². The maximum absolute atomic E-state index is 6.18. The van der Waals surface area contributed by atoms with Gasteiger partial charge in [0, 0.05) is 12.2 Å². The molecule has 6 nitrogen and oxygen atoms in total. The van der Waals surface area contributed by atoms with Crippen molar-refractivity contribution in [3.8, 4) is 15.6 Å². The van der Waals surface area contributed by atoms with E-state index in [1.54, 1.807) is 11.3 Å². The minimum atomic E-state index is 0.503. The van der Waals surface area contributed by atoms with Crippen LogP contribution in [0.4, 0.5) is 16.6 Å². The number of para-hydroxylation sites is 1. The van der Waals surface area contributed by atoms with Gasteiger partial charge in [-0.15, -0.1) is 11.3 Å². The molecule has 1 saturated heterocycles. The van der Waals surface area contributed by atoms with Crippen LogP contribution in [0.5, 0.6) is 5.75 Å². The summed E-state index contributed by atoms with van der Waals surface area (Å²) in [5, 5.41) is 5.00. The first-order valence-electron chi connectivity index (χ1n) is 10.1. The Labute approximate surface area is 183 Å². The third-order valence-electron chi connectivity index (χ3n) is 5.12. The van der Waals surface area contributed by atoms with E-state index in [1.807, 2.05) is 42.5 Å². The van der Waals surface area contributed by atoms with E-state index >= 15 is 0 Å². The van der Waals surface area contributed by atoms with Crippen LogP contribution < -0.4 is 15.8 Å². The van der Waals surface area contributed by atoms with E-state index in [2.05, 4.69) is 21.3 Å². The largest absolute Gasteiger partial charge is 0.492 e. The second-order valence-corrected chi connectivity index (χ2v) is 9.30. The fraction of sp³-hybridized carbons (Fsp3) is 0.273. The predicted octanol–water partition coefficient (Wildman–Crippen LogP) is 5.22. The summed E-state index contributed by atoms with van der Waals surface area (Å²) < 4.78 is 7.02. The molecule has 5 rings (SSSR count). The van der Waals surface area contributed by atoms with Gasteiger partial charge in [-0.1, -0.05) is 23.5 Å². The van der Waals surface area contributed by atoms with Crippen molar-refractivity contribution < 1.29 is 4.74 Å². The average molecular weight is 438 g/mol. The van der Waals surface area contributed by atoms with Crippen LogP contribution >= 0.6 is 22.7 Å². The zero-order valence-corrected chi connectivity index (χ0v) is 18.1. The molecule has 0 aliphatic carbocycles. The monoisotopic (exact) mass is 437 g/mol. The summed E-state index contributed by atoms with van der Waals surface area (Å²) in [5.41, 5.74) is 8.12. The van der Waals surface area contributed by atoms with Crippen molar-refractivity contribution in [1.82, 2.24) is 14.9 Å². The zero-order valence-electron chi connectivity index (χ0n) is 16.5. The van der Waals surface area contributed by atoms with Crippen molar-refractivity contribution in [2.45, 2.75) is 12.8 Å². The smallest absolute Gasteiger partial charge is 0.189 e. The highest BCUT2D eigenvalue weighted by atomic mass is 32.1. The fourth-order valence-electron chi connectivity index (χ4n) is 3.56. The molecule has 0 radical (unpaired) electrons. The molecule has 8 heteroatoms.